The highest BCUT2D eigenvalue weighted by Gasteiger charge is 2.32. The Labute approximate surface area is 172 Å². The summed E-state index contributed by atoms with van der Waals surface area (Å²) in [5.74, 6) is 0.782. The molecule has 1 aliphatic rings. The topological polar surface area (TPSA) is 41.6 Å². The van der Waals surface area contributed by atoms with E-state index in [-0.39, 0.29) is 12.1 Å². The SMILES string of the molecule is COc1ccc(NC(=O)N2CCc3ccccc3[C@H]2c2ccc(C)cc2)c(C)c1. The van der Waals surface area contributed by atoms with Crippen LogP contribution in [0.3, 0.4) is 0 Å². The summed E-state index contributed by atoms with van der Waals surface area (Å²) in [6.45, 7) is 4.73. The predicted octanol–water partition coefficient (Wildman–Crippen LogP) is 5.49. The second kappa shape index (κ2) is 8.00. The zero-order valence-corrected chi connectivity index (χ0v) is 17.1. The van der Waals surface area contributed by atoms with Crippen LogP contribution in [0.15, 0.2) is 66.7 Å². The number of benzene rings is 3. The van der Waals surface area contributed by atoms with Gasteiger partial charge in [0.15, 0.2) is 0 Å². The fraction of sp³-hybridized carbons (Fsp3) is 0.240. The van der Waals surface area contributed by atoms with Crippen molar-refractivity contribution in [1.82, 2.24) is 4.90 Å². The number of carbonyl (C=O) groups is 1. The van der Waals surface area contributed by atoms with Crippen molar-refractivity contribution in [3.63, 3.8) is 0 Å². The van der Waals surface area contributed by atoms with E-state index in [2.05, 4.69) is 60.8 Å². The van der Waals surface area contributed by atoms with Gasteiger partial charge in [-0.25, -0.2) is 4.79 Å². The van der Waals surface area contributed by atoms with E-state index in [1.54, 1.807) is 7.11 Å². The highest BCUT2D eigenvalue weighted by atomic mass is 16.5. The summed E-state index contributed by atoms with van der Waals surface area (Å²) in [6, 6.07) is 22.4. The molecule has 4 nitrogen and oxygen atoms in total. The zero-order valence-electron chi connectivity index (χ0n) is 17.1. The maximum atomic E-state index is 13.3. The number of hydrogen-bond donors (Lipinski definition) is 1. The van der Waals surface area contributed by atoms with Crippen LogP contribution in [0.4, 0.5) is 10.5 Å². The Morgan fingerprint density at radius 3 is 2.52 bits per heavy atom. The van der Waals surface area contributed by atoms with Crippen molar-refractivity contribution >= 4 is 11.7 Å². The van der Waals surface area contributed by atoms with Crippen LogP contribution in [0.2, 0.25) is 0 Å². The molecule has 0 bridgehead atoms. The van der Waals surface area contributed by atoms with Gasteiger partial charge in [0, 0.05) is 12.2 Å². The quantitative estimate of drug-likeness (QED) is 0.646. The molecule has 1 aliphatic heterocycles. The Morgan fingerprint density at radius 2 is 1.79 bits per heavy atom. The van der Waals surface area contributed by atoms with Crippen LogP contribution in [0.25, 0.3) is 0 Å². The Kier molecular flexibility index (Phi) is 5.26. The lowest BCUT2D eigenvalue weighted by Gasteiger charge is -2.38. The van der Waals surface area contributed by atoms with Crippen LogP contribution in [-0.2, 0) is 6.42 Å². The van der Waals surface area contributed by atoms with Gasteiger partial charge in [-0.3, -0.25) is 0 Å². The maximum Gasteiger partial charge on any atom is 0.322 e. The summed E-state index contributed by atoms with van der Waals surface area (Å²) in [6.07, 6.45) is 0.855. The van der Waals surface area contributed by atoms with Gasteiger partial charge in [0.25, 0.3) is 0 Å². The van der Waals surface area contributed by atoms with Crippen molar-refractivity contribution in [1.29, 1.82) is 0 Å². The normalized spacial score (nSPS) is 15.6. The van der Waals surface area contributed by atoms with E-state index in [1.165, 1.54) is 16.7 Å². The molecule has 0 saturated carbocycles. The molecule has 0 saturated heterocycles. The molecule has 4 rings (SSSR count). The van der Waals surface area contributed by atoms with Crippen LogP contribution in [0.5, 0.6) is 5.75 Å². The number of carbonyl (C=O) groups excluding carboxylic acids is 1. The van der Waals surface area contributed by atoms with E-state index in [9.17, 15) is 4.79 Å². The number of aryl methyl sites for hydroxylation is 2. The number of hydrogen-bond acceptors (Lipinski definition) is 2. The number of amides is 2. The van der Waals surface area contributed by atoms with Gasteiger partial charge in [-0.1, -0.05) is 54.1 Å². The van der Waals surface area contributed by atoms with Crippen molar-refractivity contribution in [2.24, 2.45) is 0 Å². The number of urea groups is 1. The molecule has 2 amide bonds. The van der Waals surface area contributed by atoms with Gasteiger partial charge in [0.2, 0.25) is 0 Å². The monoisotopic (exact) mass is 386 g/mol. The van der Waals surface area contributed by atoms with Crippen LogP contribution in [0.1, 0.15) is 33.9 Å². The first-order valence-corrected chi connectivity index (χ1v) is 9.93. The lowest BCUT2D eigenvalue weighted by atomic mass is 9.88. The average Bonchev–Trinajstić information content (AvgIpc) is 2.75. The van der Waals surface area contributed by atoms with Gasteiger partial charge in [-0.2, -0.15) is 0 Å². The number of nitrogens with zero attached hydrogens (tertiary/aromatic N) is 1. The maximum absolute atomic E-state index is 13.3. The summed E-state index contributed by atoms with van der Waals surface area (Å²) in [7, 11) is 1.64. The molecular formula is C25H26N2O2. The summed E-state index contributed by atoms with van der Waals surface area (Å²) in [4.78, 5) is 15.3. The minimum absolute atomic E-state index is 0.0849. The third-order valence-electron chi connectivity index (χ3n) is 5.61. The lowest BCUT2D eigenvalue weighted by Crippen LogP contribution is -2.43. The van der Waals surface area contributed by atoms with Gasteiger partial charge >= 0.3 is 6.03 Å². The summed E-state index contributed by atoms with van der Waals surface area (Å²) in [5, 5.41) is 3.10. The van der Waals surface area contributed by atoms with E-state index >= 15 is 0 Å². The molecule has 0 aliphatic carbocycles. The largest absolute Gasteiger partial charge is 0.497 e. The number of nitrogens with one attached hydrogen (secondary N) is 1. The van der Waals surface area contributed by atoms with Gasteiger partial charge in [0.1, 0.15) is 5.75 Å². The lowest BCUT2D eigenvalue weighted by molar-refractivity contribution is 0.194. The van der Waals surface area contributed by atoms with Crippen molar-refractivity contribution < 1.29 is 9.53 Å². The molecule has 3 aromatic carbocycles. The van der Waals surface area contributed by atoms with Crippen LogP contribution in [0, 0.1) is 13.8 Å². The fourth-order valence-corrected chi connectivity index (χ4v) is 3.98. The minimum atomic E-state index is -0.0981. The van der Waals surface area contributed by atoms with E-state index in [4.69, 9.17) is 4.74 Å². The highest BCUT2D eigenvalue weighted by molar-refractivity contribution is 5.91. The Morgan fingerprint density at radius 1 is 1.03 bits per heavy atom. The van der Waals surface area contributed by atoms with E-state index < -0.39 is 0 Å². The third-order valence-corrected chi connectivity index (χ3v) is 5.61. The molecule has 0 fully saturated rings. The molecule has 29 heavy (non-hydrogen) atoms. The predicted molar refractivity (Wildman–Crippen MR) is 117 cm³/mol. The molecule has 1 heterocycles. The van der Waals surface area contributed by atoms with Crippen molar-refractivity contribution in [2.75, 3.05) is 19.0 Å². The molecule has 1 atom stereocenters. The molecule has 0 unspecified atom stereocenters. The molecule has 1 N–H and O–H groups in total. The third kappa shape index (κ3) is 3.83. The summed E-state index contributed by atoms with van der Waals surface area (Å²) >= 11 is 0. The first-order chi connectivity index (χ1) is 14.1. The number of ether oxygens (including phenoxy) is 1. The Hall–Kier alpha value is -3.27. The van der Waals surface area contributed by atoms with E-state index in [1.807, 2.05) is 30.0 Å². The van der Waals surface area contributed by atoms with Gasteiger partial charge in [0.05, 0.1) is 13.2 Å². The molecule has 148 valence electrons. The number of anilines is 1. The first-order valence-electron chi connectivity index (χ1n) is 9.93. The Balaban J connectivity index is 1.67. The standard InChI is InChI=1S/C25H26N2O2/c1-17-8-10-20(11-9-17)24-22-7-5-4-6-19(22)14-15-27(24)25(28)26-23-13-12-21(29-3)16-18(23)2/h4-13,16,24H,14-15H2,1-3H3,(H,26,28)/t24-/m1/s1. The van der Waals surface area contributed by atoms with Gasteiger partial charge < -0.3 is 15.0 Å². The Bertz CT molecular complexity index is 1030. The smallest absolute Gasteiger partial charge is 0.322 e. The van der Waals surface area contributed by atoms with Crippen molar-refractivity contribution in [2.45, 2.75) is 26.3 Å². The van der Waals surface area contributed by atoms with Crippen LogP contribution >= 0.6 is 0 Å². The number of methoxy groups -OCH3 is 1. The molecule has 0 spiro atoms. The number of rotatable bonds is 3. The van der Waals surface area contributed by atoms with E-state index in [0.717, 1.165) is 29.0 Å². The van der Waals surface area contributed by atoms with Crippen molar-refractivity contribution in [3.05, 3.63) is 94.5 Å². The first kappa shape index (κ1) is 19.1. The van der Waals surface area contributed by atoms with Crippen LogP contribution in [-0.4, -0.2) is 24.6 Å². The second-order valence-electron chi connectivity index (χ2n) is 7.57. The second-order valence-corrected chi connectivity index (χ2v) is 7.57. The molecule has 0 radical (unpaired) electrons. The fourth-order valence-electron chi connectivity index (χ4n) is 3.98. The van der Waals surface area contributed by atoms with Crippen molar-refractivity contribution in [3.8, 4) is 5.75 Å². The zero-order chi connectivity index (χ0) is 20.4. The molecule has 4 heteroatoms. The molecule has 3 aromatic rings. The van der Waals surface area contributed by atoms with Gasteiger partial charge in [-0.15, -0.1) is 0 Å². The summed E-state index contributed by atoms with van der Waals surface area (Å²) in [5.41, 5.74) is 6.62. The number of fused-ring (bicyclic) bond motifs is 1. The highest BCUT2D eigenvalue weighted by Crippen LogP contribution is 2.36. The van der Waals surface area contributed by atoms with Crippen LogP contribution < -0.4 is 10.1 Å². The average molecular weight is 386 g/mol. The minimum Gasteiger partial charge on any atom is -0.497 e. The van der Waals surface area contributed by atoms with Gasteiger partial charge in [-0.05, 0) is 60.7 Å². The molecule has 0 aromatic heterocycles. The molecular weight excluding hydrogens is 360 g/mol. The summed E-state index contributed by atoms with van der Waals surface area (Å²) < 4.78 is 5.27. The van der Waals surface area contributed by atoms with E-state index in [0.29, 0.717) is 6.54 Å².